The highest BCUT2D eigenvalue weighted by Crippen LogP contribution is 2.27. The van der Waals surface area contributed by atoms with E-state index in [-0.39, 0.29) is 15.9 Å². The minimum Gasteiger partial charge on any atom is -0.465 e. The third-order valence-corrected chi connectivity index (χ3v) is 3.34. The van der Waals surface area contributed by atoms with E-state index < -0.39 is 5.97 Å². The van der Waals surface area contributed by atoms with Gasteiger partial charge in [-0.2, -0.15) is 0 Å². The molecular weight excluding hydrogens is 278 g/mol. The summed E-state index contributed by atoms with van der Waals surface area (Å²) in [5.41, 5.74) is 0. The third kappa shape index (κ3) is 4.15. The maximum atomic E-state index is 11.3. The van der Waals surface area contributed by atoms with Gasteiger partial charge in [0.25, 0.3) is 0 Å². The van der Waals surface area contributed by atoms with Gasteiger partial charge in [-0.05, 0) is 6.92 Å². The number of thiazole rings is 1. The van der Waals surface area contributed by atoms with Crippen molar-refractivity contribution in [2.24, 2.45) is 0 Å². The van der Waals surface area contributed by atoms with Crippen molar-refractivity contribution >= 4 is 39.9 Å². The van der Waals surface area contributed by atoms with Gasteiger partial charge >= 0.3 is 5.97 Å². The number of anilines is 1. The van der Waals surface area contributed by atoms with Crippen LogP contribution in [0.1, 0.15) is 23.0 Å². The standard InChI is InChI=1S/C10H14ClN3O3S/c1-3-12-6(15)4-5-13-10-14-8(11)7(18-10)9(16)17-2/h3-5H2,1-2H3,(H,12,15)(H,13,14). The zero-order chi connectivity index (χ0) is 13.5. The van der Waals surface area contributed by atoms with Gasteiger partial charge in [0.1, 0.15) is 0 Å². The van der Waals surface area contributed by atoms with Gasteiger partial charge in [-0.25, -0.2) is 9.78 Å². The normalized spacial score (nSPS) is 9.94. The lowest BCUT2D eigenvalue weighted by molar-refractivity contribution is -0.120. The fourth-order valence-corrected chi connectivity index (χ4v) is 2.29. The molecule has 8 heteroatoms. The summed E-state index contributed by atoms with van der Waals surface area (Å²) in [5.74, 6) is -0.560. The molecule has 6 nitrogen and oxygen atoms in total. The number of carbonyl (C=O) groups is 2. The number of ether oxygens (including phenoxy) is 1. The van der Waals surface area contributed by atoms with Crippen LogP contribution in [-0.2, 0) is 9.53 Å². The van der Waals surface area contributed by atoms with E-state index in [2.05, 4.69) is 20.4 Å². The number of aromatic nitrogens is 1. The maximum absolute atomic E-state index is 11.3. The Bertz CT molecular complexity index is 436. The van der Waals surface area contributed by atoms with E-state index in [4.69, 9.17) is 11.6 Å². The first-order valence-corrected chi connectivity index (χ1v) is 6.53. The number of esters is 1. The molecule has 0 spiro atoms. The number of carbonyl (C=O) groups excluding carboxylic acids is 2. The van der Waals surface area contributed by atoms with E-state index in [1.54, 1.807) is 0 Å². The number of nitrogens with one attached hydrogen (secondary N) is 2. The topological polar surface area (TPSA) is 80.3 Å². The van der Waals surface area contributed by atoms with Crippen LogP contribution in [0.5, 0.6) is 0 Å². The van der Waals surface area contributed by atoms with Gasteiger partial charge in [-0.3, -0.25) is 4.79 Å². The van der Waals surface area contributed by atoms with Crippen LogP contribution in [0.25, 0.3) is 0 Å². The molecule has 1 rings (SSSR count). The lowest BCUT2D eigenvalue weighted by Crippen LogP contribution is -2.24. The van der Waals surface area contributed by atoms with Crippen LogP contribution in [0.2, 0.25) is 5.15 Å². The quantitative estimate of drug-likeness (QED) is 0.777. The van der Waals surface area contributed by atoms with Crippen molar-refractivity contribution in [1.29, 1.82) is 0 Å². The molecule has 1 aromatic heterocycles. The Hall–Kier alpha value is -1.34. The number of methoxy groups -OCH3 is 1. The molecule has 1 amide bonds. The van der Waals surface area contributed by atoms with E-state index in [0.29, 0.717) is 24.6 Å². The molecule has 1 heterocycles. The second kappa shape index (κ2) is 7.17. The zero-order valence-electron chi connectivity index (χ0n) is 10.1. The van der Waals surface area contributed by atoms with Crippen molar-refractivity contribution in [2.75, 3.05) is 25.5 Å². The summed E-state index contributed by atoms with van der Waals surface area (Å²) in [4.78, 5) is 26.7. The molecule has 0 aliphatic carbocycles. The number of hydrogen-bond acceptors (Lipinski definition) is 6. The van der Waals surface area contributed by atoms with Gasteiger partial charge < -0.3 is 15.4 Å². The molecule has 0 aromatic carbocycles. The van der Waals surface area contributed by atoms with Crippen LogP contribution < -0.4 is 10.6 Å². The molecule has 0 aliphatic heterocycles. The van der Waals surface area contributed by atoms with Crippen LogP contribution >= 0.6 is 22.9 Å². The molecular formula is C10H14ClN3O3S. The van der Waals surface area contributed by atoms with Crippen molar-refractivity contribution < 1.29 is 14.3 Å². The summed E-state index contributed by atoms with van der Waals surface area (Å²) in [6.45, 7) is 2.89. The Kier molecular flexibility index (Phi) is 5.87. The van der Waals surface area contributed by atoms with Gasteiger partial charge in [0, 0.05) is 19.5 Å². The van der Waals surface area contributed by atoms with Gasteiger partial charge in [-0.15, -0.1) is 0 Å². The van der Waals surface area contributed by atoms with E-state index in [1.165, 1.54) is 7.11 Å². The Morgan fingerprint density at radius 3 is 2.83 bits per heavy atom. The minimum absolute atomic E-state index is 0.0409. The van der Waals surface area contributed by atoms with Crippen LogP contribution in [0, 0.1) is 0 Å². The van der Waals surface area contributed by atoms with E-state index in [0.717, 1.165) is 11.3 Å². The monoisotopic (exact) mass is 291 g/mol. The van der Waals surface area contributed by atoms with E-state index in [9.17, 15) is 9.59 Å². The molecule has 2 N–H and O–H groups in total. The van der Waals surface area contributed by atoms with Gasteiger partial charge in [0.05, 0.1) is 7.11 Å². The summed E-state index contributed by atoms with van der Waals surface area (Å²) in [5, 5.41) is 6.20. The number of halogens is 1. The van der Waals surface area contributed by atoms with Crippen LogP contribution in [0.15, 0.2) is 0 Å². The zero-order valence-corrected chi connectivity index (χ0v) is 11.7. The van der Waals surface area contributed by atoms with E-state index in [1.807, 2.05) is 6.92 Å². The number of amides is 1. The molecule has 0 saturated carbocycles. The highest BCUT2D eigenvalue weighted by atomic mass is 35.5. The summed E-state index contributed by atoms with van der Waals surface area (Å²) in [7, 11) is 1.28. The number of nitrogens with zero attached hydrogens (tertiary/aromatic N) is 1. The molecule has 0 bridgehead atoms. The first-order valence-electron chi connectivity index (χ1n) is 5.33. The number of hydrogen-bond donors (Lipinski definition) is 2. The summed E-state index contributed by atoms with van der Waals surface area (Å²) < 4.78 is 4.56. The molecule has 0 atom stereocenters. The van der Waals surface area contributed by atoms with Crippen LogP contribution in [0.4, 0.5) is 5.13 Å². The molecule has 0 fully saturated rings. The molecule has 0 aliphatic rings. The first-order chi connectivity index (χ1) is 8.58. The molecule has 0 radical (unpaired) electrons. The highest BCUT2D eigenvalue weighted by molar-refractivity contribution is 7.18. The summed E-state index contributed by atoms with van der Waals surface area (Å²) in [6.07, 6.45) is 0.332. The molecule has 18 heavy (non-hydrogen) atoms. The van der Waals surface area contributed by atoms with Crippen molar-refractivity contribution in [1.82, 2.24) is 10.3 Å². The fourth-order valence-electron chi connectivity index (χ4n) is 1.16. The van der Waals surface area contributed by atoms with Crippen LogP contribution in [0.3, 0.4) is 0 Å². The van der Waals surface area contributed by atoms with E-state index >= 15 is 0 Å². The predicted octanol–water partition coefficient (Wildman–Crippen LogP) is 1.52. The van der Waals surface area contributed by atoms with Gasteiger partial charge in [-0.1, -0.05) is 22.9 Å². The van der Waals surface area contributed by atoms with Gasteiger partial charge in [0.2, 0.25) is 5.91 Å². The Labute approximate surface area is 114 Å². The van der Waals surface area contributed by atoms with Crippen molar-refractivity contribution in [3.05, 3.63) is 10.0 Å². The predicted molar refractivity (Wildman–Crippen MR) is 70.3 cm³/mol. The number of rotatable bonds is 6. The molecule has 0 unspecified atom stereocenters. The van der Waals surface area contributed by atoms with Crippen molar-refractivity contribution in [2.45, 2.75) is 13.3 Å². The molecule has 0 saturated heterocycles. The highest BCUT2D eigenvalue weighted by Gasteiger charge is 2.17. The second-order valence-corrected chi connectivity index (χ2v) is 4.62. The van der Waals surface area contributed by atoms with Crippen molar-refractivity contribution in [3.8, 4) is 0 Å². The smallest absolute Gasteiger partial charge is 0.351 e. The minimum atomic E-state index is -0.519. The SMILES string of the molecule is CCNC(=O)CCNc1nc(Cl)c(C(=O)OC)s1. The second-order valence-electron chi connectivity index (χ2n) is 3.26. The van der Waals surface area contributed by atoms with Crippen molar-refractivity contribution in [3.63, 3.8) is 0 Å². The molecule has 100 valence electrons. The third-order valence-electron chi connectivity index (χ3n) is 1.96. The summed E-state index contributed by atoms with van der Waals surface area (Å²) in [6, 6.07) is 0. The lowest BCUT2D eigenvalue weighted by atomic mass is 10.4. The first kappa shape index (κ1) is 14.7. The average Bonchev–Trinajstić information content (AvgIpc) is 2.70. The Morgan fingerprint density at radius 1 is 1.50 bits per heavy atom. The summed E-state index contributed by atoms with van der Waals surface area (Å²) >= 11 is 6.89. The Balaban J connectivity index is 2.49. The Morgan fingerprint density at radius 2 is 2.22 bits per heavy atom. The van der Waals surface area contributed by atoms with Gasteiger partial charge in [0.15, 0.2) is 15.2 Å². The molecule has 1 aromatic rings. The van der Waals surface area contributed by atoms with Crippen LogP contribution in [-0.4, -0.2) is 37.1 Å². The average molecular weight is 292 g/mol. The fraction of sp³-hybridized carbons (Fsp3) is 0.500. The largest absolute Gasteiger partial charge is 0.465 e. The maximum Gasteiger partial charge on any atom is 0.351 e. The lowest BCUT2D eigenvalue weighted by Gasteiger charge is -2.02.